The Morgan fingerprint density at radius 2 is 2.18 bits per heavy atom. The van der Waals surface area contributed by atoms with E-state index >= 15 is 0 Å². The first-order chi connectivity index (χ1) is 10.7. The van der Waals surface area contributed by atoms with Gasteiger partial charge in [0.2, 0.25) is 5.91 Å². The summed E-state index contributed by atoms with van der Waals surface area (Å²) in [7, 11) is 0. The number of carbonyl (C=O) groups is 2. The summed E-state index contributed by atoms with van der Waals surface area (Å²) in [5.41, 5.74) is 1.77. The van der Waals surface area contributed by atoms with Crippen molar-refractivity contribution in [1.82, 2.24) is 10.3 Å². The van der Waals surface area contributed by atoms with Gasteiger partial charge in [-0.2, -0.15) is 11.3 Å². The van der Waals surface area contributed by atoms with Crippen molar-refractivity contribution in [2.75, 3.05) is 11.9 Å². The van der Waals surface area contributed by atoms with Crippen LogP contribution in [-0.4, -0.2) is 23.3 Å². The Labute approximate surface area is 136 Å². The standard InChI is InChI=1S/C15H17N3O2S2/c19-13(18-15-17-12(9-22-15)10-3-4-10)2-1-6-16-14(20)11-5-7-21-8-11/h5,7-10H,1-4,6H2,(H,16,20)(H,17,18,19). The third-order valence-corrected chi connectivity index (χ3v) is 4.87. The minimum Gasteiger partial charge on any atom is -0.352 e. The third-order valence-electron chi connectivity index (χ3n) is 3.41. The van der Waals surface area contributed by atoms with E-state index in [0.717, 1.165) is 5.69 Å². The number of thiazole rings is 1. The van der Waals surface area contributed by atoms with E-state index < -0.39 is 0 Å². The minimum absolute atomic E-state index is 0.0542. The average Bonchev–Trinajstić information content (AvgIpc) is 3.02. The Kier molecular flexibility index (Phi) is 4.84. The van der Waals surface area contributed by atoms with Crippen LogP contribution in [0.4, 0.5) is 5.13 Å². The lowest BCUT2D eigenvalue weighted by molar-refractivity contribution is -0.116. The molecule has 0 bridgehead atoms. The number of rotatable bonds is 7. The maximum atomic E-state index is 11.8. The molecule has 0 aromatic carbocycles. The van der Waals surface area contributed by atoms with Crippen LogP contribution in [0.1, 0.15) is 47.7 Å². The molecular formula is C15H17N3O2S2. The highest BCUT2D eigenvalue weighted by atomic mass is 32.1. The Morgan fingerprint density at radius 3 is 2.91 bits per heavy atom. The zero-order chi connectivity index (χ0) is 15.4. The zero-order valence-electron chi connectivity index (χ0n) is 12.0. The fourth-order valence-electron chi connectivity index (χ4n) is 2.04. The number of hydrogen-bond acceptors (Lipinski definition) is 5. The van der Waals surface area contributed by atoms with Crippen LogP contribution in [0.2, 0.25) is 0 Å². The van der Waals surface area contributed by atoms with Crippen molar-refractivity contribution in [3.63, 3.8) is 0 Å². The van der Waals surface area contributed by atoms with E-state index in [2.05, 4.69) is 15.6 Å². The van der Waals surface area contributed by atoms with E-state index in [0.29, 0.717) is 36.0 Å². The van der Waals surface area contributed by atoms with Crippen molar-refractivity contribution in [2.45, 2.75) is 31.6 Å². The molecule has 0 radical (unpaired) electrons. The predicted molar refractivity (Wildman–Crippen MR) is 88.6 cm³/mol. The van der Waals surface area contributed by atoms with Crippen LogP contribution in [0, 0.1) is 0 Å². The molecule has 3 rings (SSSR count). The summed E-state index contributed by atoms with van der Waals surface area (Å²) in [5, 5.41) is 12.0. The molecule has 1 aliphatic rings. The summed E-state index contributed by atoms with van der Waals surface area (Å²) >= 11 is 2.97. The molecule has 0 unspecified atom stereocenters. The smallest absolute Gasteiger partial charge is 0.252 e. The molecule has 2 aromatic rings. The molecule has 22 heavy (non-hydrogen) atoms. The molecule has 5 nitrogen and oxygen atoms in total. The van der Waals surface area contributed by atoms with E-state index in [-0.39, 0.29) is 11.8 Å². The fourth-order valence-corrected chi connectivity index (χ4v) is 3.48. The van der Waals surface area contributed by atoms with Gasteiger partial charge >= 0.3 is 0 Å². The molecular weight excluding hydrogens is 318 g/mol. The zero-order valence-corrected chi connectivity index (χ0v) is 13.6. The topological polar surface area (TPSA) is 71.1 Å². The van der Waals surface area contributed by atoms with Gasteiger partial charge in [0.25, 0.3) is 5.91 Å². The fraction of sp³-hybridized carbons (Fsp3) is 0.400. The lowest BCUT2D eigenvalue weighted by Crippen LogP contribution is -2.25. The Bertz CT molecular complexity index is 648. The van der Waals surface area contributed by atoms with E-state index in [4.69, 9.17) is 0 Å². The molecule has 7 heteroatoms. The third kappa shape index (κ3) is 4.14. The second kappa shape index (κ2) is 7.02. The first-order valence-corrected chi connectivity index (χ1v) is 9.10. The van der Waals surface area contributed by atoms with Gasteiger partial charge in [0.15, 0.2) is 5.13 Å². The highest BCUT2D eigenvalue weighted by Gasteiger charge is 2.26. The van der Waals surface area contributed by atoms with Crippen LogP contribution in [0.15, 0.2) is 22.2 Å². The molecule has 0 spiro atoms. The Morgan fingerprint density at radius 1 is 1.32 bits per heavy atom. The van der Waals surface area contributed by atoms with E-state index in [1.54, 1.807) is 6.07 Å². The van der Waals surface area contributed by atoms with Crippen LogP contribution in [0.3, 0.4) is 0 Å². The highest BCUT2D eigenvalue weighted by Crippen LogP contribution is 2.40. The minimum atomic E-state index is -0.0874. The summed E-state index contributed by atoms with van der Waals surface area (Å²) in [6.45, 7) is 0.493. The lowest BCUT2D eigenvalue weighted by Gasteiger charge is -2.04. The molecule has 2 N–H and O–H groups in total. The van der Waals surface area contributed by atoms with Crippen LogP contribution in [-0.2, 0) is 4.79 Å². The van der Waals surface area contributed by atoms with Gasteiger partial charge < -0.3 is 10.6 Å². The van der Waals surface area contributed by atoms with Gasteiger partial charge in [0, 0.05) is 35.2 Å². The van der Waals surface area contributed by atoms with Gasteiger partial charge in [-0.15, -0.1) is 11.3 Å². The van der Waals surface area contributed by atoms with Gasteiger partial charge in [-0.3, -0.25) is 9.59 Å². The van der Waals surface area contributed by atoms with Crippen molar-refractivity contribution < 1.29 is 9.59 Å². The second-order valence-corrected chi connectivity index (χ2v) is 6.91. The first kappa shape index (κ1) is 15.2. The molecule has 0 aliphatic heterocycles. The van der Waals surface area contributed by atoms with E-state index in [9.17, 15) is 9.59 Å². The molecule has 0 atom stereocenters. The Balaban J connectivity index is 1.34. The van der Waals surface area contributed by atoms with Gasteiger partial charge in [0.05, 0.1) is 5.69 Å². The number of hydrogen-bond donors (Lipinski definition) is 2. The van der Waals surface area contributed by atoms with Gasteiger partial charge in [-0.1, -0.05) is 0 Å². The van der Waals surface area contributed by atoms with Crippen LogP contribution in [0.5, 0.6) is 0 Å². The average molecular weight is 335 g/mol. The predicted octanol–water partition coefficient (Wildman–Crippen LogP) is 3.23. The molecule has 2 amide bonds. The van der Waals surface area contributed by atoms with Crippen molar-refractivity contribution in [3.8, 4) is 0 Å². The SMILES string of the molecule is O=C(CCCNC(=O)c1ccsc1)Nc1nc(C2CC2)cs1. The number of aromatic nitrogens is 1. The molecule has 1 aliphatic carbocycles. The summed E-state index contributed by atoms with van der Waals surface area (Å²) < 4.78 is 0. The second-order valence-electron chi connectivity index (χ2n) is 5.27. The number of carbonyl (C=O) groups excluding carboxylic acids is 2. The quantitative estimate of drug-likeness (QED) is 0.763. The van der Waals surface area contributed by atoms with Crippen LogP contribution < -0.4 is 10.6 Å². The van der Waals surface area contributed by atoms with Crippen LogP contribution in [0.25, 0.3) is 0 Å². The number of thiophene rings is 1. The maximum absolute atomic E-state index is 11.8. The number of nitrogens with one attached hydrogen (secondary N) is 2. The number of anilines is 1. The summed E-state index contributed by atoms with van der Waals surface area (Å²) in [6, 6.07) is 1.78. The molecule has 116 valence electrons. The van der Waals surface area contributed by atoms with Gasteiger partial charge in [-0.05, 0) is 30.7 Å². The van der Waals surface area contributed by atoms with E-state index in [1.807, 2.05) is 16.1 Å². The van der Waals surface area contributed by atoms with Gasteiger partial charge in [-0.25, -0.2) is 4.98 Å². The normalized spacial score (nSPS) is 13.8. The number of amides is 2. The highest BCUT2D eigenvalue weighted by molar-refractivity contribution is 7.14. The van der Waals surface area contributed by atoms with Gasteiger partial charge in [0.1, 0.15) is 0 Å². The van der Waals surface area contributed by atoms with Crippen molar-refractivity contribution >= 4 is 39.6 Å². The maximum Gasteiger partial charge on any atom is 0.252 e. The molecule has 2 aromatic heterocycles. The first-order valence-electron chi connectivity index (χ1n) is 7.28. The number of nitrogens with zero attached hydrogens (tertiary/aromatic N) is 1. The molecule has 0 saturated heterocycles. The summed E-state index contributed by atoms with van der Waals surface area (Å²) in [4.78, 5) is 27.9. The van der Waals surface area contributed by atoms with Crippen molar-refractivity contribution in [3.05, 3.63) is 33.5 Å². The molecule has 1 fully saturated rings. The molecule has 2 heterocycles. The van der Waals surface area contributed by atoms with E-state index in [1.165, 1.54) is 35.5 Å². The van der Waals surface area contributed by atoms with Crippen LogP contribution >= 0.6 is 22.7 Å². The Hall–Kier alpha value is -1.73. The monoisotopic (exact) mass is 335 g/mol. The van der Waals surface area contributed by atoms with Crippen molar-refractivity contribution in [1.29, 1.82) is 0 Å². The molecule has 1 saturated carbocycles. The van der Waals surface area contributed by atoms with Crippen molar-refractivity contribution in [2.24, 2.45) is 0 Å². The summed E-state index contributed by atoms with van der Waals surface area (Å²) in [6.07, 6.45) is 3.41. The summed E-state index contributed by atoms with van der Waals surface area (Å²) in [5.74, 6) is 0.464. The lowest BCUT2D eigenvalue weighted by atomic mass is 10.2. The largest absolute Gasteiger partial charge is 0.352 e.